The highest BCUT2D eigenvalue weighted by Crippen LogP contribution is 2.30. The van der Waals surface area contributed by atoms with Gasteiger partial charge in [-0.2, -0.15) is 4.31 Å². The highest BCUT2D eigenvalue weighted by atomic mass is 32.2. The molecule has 2 aromatic rings. The van der Waals surface area contributed by atoms with Crippen molar-refractivity contribution < 1.29 is 25.6 Å². The second-order valence-corrected chi connectivity index (χ2v) is 9.64. The molecule has 0 aliphatic carbocycles. The maximum atomic E-state index is 13.0. The third kappa shape index (κ3) is 3.72. The van der Waals surface area contributed by atoms with Crippen LogP contribution in [0.15, 0.2) is 38.8 Å². The van der Waals surface area contributed by atoms with Crippen molar-refractivity contribution in [3.63, 3.8) is 0 Å². The summed E-state index contributed by atoms with van der Waals surface area (Å²) in [6, 6.07) is 4.66. The predicted molar refractivity (Wildman–Crippen MR) is 84.5 cm³/mol. The van der Waals surface area contributed by atoms with Gasteiger partial charge < -0.3 is 4.42 Å². The SMILES string of the molecule is CS(=O)(=O)c1nnc(C2CCN(S(=O)(=O)c3ccc(F)cc3)CC2)o1. The Morgan fingerprint density at radius 1 is 1.08 bits per heavy atom. The minimum atomic E-state index is -3.70. The fraction of sp³-hybridized carbons (Fsp3) is 0.429. The number of piperidine rings is 1. The Balaban J connectivity index is 1.71. The number of nitrogens with zero attached hydrogens (tertiary/aromatic N) is 3. The molecule has 0 radical (unpaired) electrons. The first kappa shape index (κ1) is 18.0. The fourth-order valence-corrected chi connectivity index (χ4v) is 4.53. The van der Waals surface area contributed by atoms with Crippen LogP contribution in [0, 0.1) is 5.82 Å². The van der Waals surface area contributed by atoms with E-state index in [4.69, 9.17) is 4.42 Å². The number of benzene rings is 1. The summed E-state index contributed by atoms with van der Waals surface area (Å²) < 4.78 is 67.3. The van der Waals surface area contributed by atoms with E-state index in [1.54, 1.807) is 0 Å². The molecule has 1 fully saturated rings. The maximum Gasteiger partial charge on any atom is 0.335 e. The van der Waals surface area contributed by atoms with Gasteiger partial charge in [0.15, 0.2) is 0 Å². The van der Waals surface area contributed by atoms with Crippen molar-refractivity contribution in [1.29, 1.82) is 0 Å². The smallest absolute Gasteiger partial charge is 0.335 e. The Morgan fingerprint density at radius 2 is 1.68 bits per heavy atom. The molecule has 0 spiro atoms. The van der Waals surface area contributed by atoms with E-state index < -0.39 is 30.9 Å². The molecule has 0 unspecified atom stereocenters. The lowest BCUT2D eigenvalue weighted by Crippen LogP contribution is -2.37. The summed E-state index contributed by atoms with van der Waals surface area (Å²) in [4.78, 5) is 0.0319. The van der Waals surface area contributed by atoms with Crippen molar-refractivity contribution >= 4 is 19.9 Å². The van der Waals surface area contributed by atoms with Crippen LogP contribution in [0.2, 0.25) is 0 Å². The van der Waals surface area contributed by atoms with Gasteiger partial charge in [-0.3, -0.25) is 0 Å². The molecule has 0 atom stereocenters. The second kappa shape index (κ2) is 6.46. The highest BCUT2D eigenvalue weighted by molar-refractivity contribution is 7.90. The van der Waals surface area contributed by atoms with Crippen molar-refractivity contribution in [3.05, 3.63) is 36.0 Å². The number of hydrogen-bond acceptors (Lipinski definition) is 7. The first-order valence-electron chi connectivity index (χ1n) is 7.47. The van der Waals surface area contributed by atoms with Crippen LogP contribution >= 0.6 is 0 Å². The summed E-state index contributed by atoms with van der Waals surface area (Å²) in [5.74, 6) is -0.516. The van der Waals surface area contributed by atoms with Crippen molar-refractivity contribution in [2.75, 3.05) is 19.3 Å². The fourth-order valence-electron chi connectivity index (χ4n) is 2.63. The van der Waals surface area contributed by atoms with Crippen LogP contribution in [0.5, 0.6) is 0 Å². The topological polar surface area (TPSA) is 110 Å². The monoisotopic (exact) mass is 389 g/mol. The molecule has 1 aliphatic rings. The van der Waals surface area contributed by atoms with E-state index in [-0.39, 0.29) is 29.8 Å². The van der Waals surface area contributed by atoms with Gasteiger partial charge >= 0.3 is 5.22 Å². The van der Waals surface area contributed by atoms with E-state index in [1.165, 1.54) is 16.4 Å². The van der Waals surface area contributed by atoms with Gasteiger partial charge in [-0.05, 0) is 37.1 Å². The third-order valence-electron chi connectivity index (χ3n) is 3.99. The molecule has 1 aromatic heterocycles. The Kier molecular flexibility index (Phi) is 4.64. The lowest BCUT2D eigenvalue weighted by molar-refractivity contribution is 0.278. The third-order valence-corrected chi connectivity index (χ3v) is 6.71. The normalized spacial score (nSPS) is 17.7. The van der Waals surface area contributed by atoms with Gasteiger partial charge in [-0.1, -0.05) is 5.10 Å². The molecule has 25 heavy (non-hydrogen) atoms. The zero-order valence-electron chi connectivity index (χ0n) is 13.3. The zero-order valence-corrected chi connectivity index (χ0v) is 14.9. The van der Waals surface area contributed by atoms with Crippen LogP contribution in [0.3, 0.4) is 0 Å². The van der Waals surface area contributed by atoms with Gasteiger partial charge in [-0.25, -0.2) is 21.2 Å². The van der Waals surface area contributed by atoms with Crippen molar-refractivity contribution in [2.24, 2.45) is 0 Å². The van der Waals surface area contributed by atoms with Crippen molar-refractivity contribution in [1.82, 2.24) is 14.5 Å². The Bertz CT molecular complexity index is 962. The lowest BCUT2D eigenvalue weighted by Gasteiger charge is -2.29. The van der Waals surface area contributed by atoms with Crippen LogP contribution in [-0.2, 0) is 19.9 Å². The number of aromatic nitrogens is 2. The van der Waals surface area contributed by atoms with Gasteiger partial charge in [0.2, 0.25) is 25.8 Å². The highest BCUT2D eigenvalue weighted by Gasteiger charge is 2.32. The average Bonchev–Trinajstić information content (AvgIpc) is 3.06. The summed E-state index contributed by atoms with van der Waals surface area (Å²) in [7, 11) is -7.27. The van der Waals surface area contributed by atoms with Gasteiger partial charge in [0.05, 0.1) is 4.90 Å². The van der Waals surface area contributed by atoms with E-state index in [0.717, 1.165) is 18.4 Å². The van der Waals surface area contributed by atoms with Crippen LogP contribution in [0.25, 0.3) is 0 Å². The molecule has 2 heterocycles. The van der Waals surface area contributed by atoms with E-state index in [1.807, 2.05) is 0 Å². The summed E-state index contributed by atoms with van der Waals surface area (Å²) in [5.41, 5.74) is 0. The molecule has 1 aromatic carbocycles. The zero-order chi connectivity index (χ0) is 18.2. The number of rotatable bonds is 4. The van der Waals surface area contributed by atoms with E-state index >= 15 is 0 Å². The number of sulfone groups is 1. The molecule has 0 N–H and O–H groups in total. The first-order valence-corrected chi connectivity index (χ1v) is 10.8. The number of hydrogen-bond donors (Lipinski definition) is 0. The molecule has 1 aliphatic heterocycles. The molecule has 3 rings (SSSR count). The largest absolute Gasteiger partial charge is 0.412 e. The summed E-state index contributed by atoms with van der Waals surface area (Å²) in [6.07, 6.45) is 1.82. The number of halogens is 1. The Labute approximate surface area is 144 Å². The molecule has 0 bridgehead atoms. The molecule has 8 nitrogen and oxygen atoms in total. The summed E-state index contributed by atoms with van der Waals surface area (Å²) >= 11 is 0. The molecule has 1 saturated heterocycles. The van der Waals surface area contributed by atoms with Gasteiger partial charge in [0, 0.05) is 25.3 Å². The maximum absolute atomic E-state index is 13.0. The molecular formula is C14H16FN3O5S2. The average molecular weight is 389 g/mol. The molecule has 0 saturated carbocycles. The van der Waals surface area contributed by atoms with Crippen LogP contribution in [0.1, 0.15) is 24.7 Å². The minimum absolute atomic E-state index is 0.0319. The van der Waals surface area contributed by atoms with Crippen LogP contribution < -0.4 is 0 Å². The van der Waals surface area contributed by atoms with Crippen molar-refractivity contribution in [2.45, 2.75) is 28.9 Å². The molecule has 136 valence electrons. The Hall–Kier alpha value is -1.85. The van der Waals surface area contributed by atoms with Gasteiger partial charge in [0.1, 0.15) is 5.82 Å². The van der Waals surface area contributed by atoms with Gasteiger partial charge in [-0.15, -0.1) is 5.10 Å². The van der Waals surface area contributed by atoms with E-state index in [0.29, 0.717) is 12.8 Å². The first-order chi connectivity index (χ1) is 11.7. The standard InChI is InChI=1S/C14H16FN3O5S2/c1-24(19,20)14-17-16-13(23-14)10-6-8-18(9-7-10)25(21,22)12-4-2-11(15)3-5-12/h2-5,10H,6-9H2,1H3. The molecule has 11 heteroatoms. The summed E-state index contributed by atoms with van der Waals surface area (Å²) in [6.45, 7) is 0.446. The molecular weight excluding hydrogens is 373 g/mol. The second-order valence-electron chi connectivity index (χ2n) is 5.81. The lowest BCUT2D eigenvalue weighted by atomic mass is 9.98. The van der Waals surface area contributed by atoms with Crippen LogP contribution in [-0.4, -0.2) is 50.7 Å². The van der Waals surface area contributed by atoms with Gasteiger partial charge in [0.25, 0.3) is 0 Å². The Morgan fingerprint density at radius 3 is 2.20 bits per heavy atom. The van der Waals surface area contributed by atoms with E-state index in [2.05, 4.69) is 10.2 Å². The molecule has 0 amide bonds. The number of sulfonamides is 1. The predicted octanol–water partition coefficient (Wildman–Crippen LogP) is 1.18. The quantitative estimate of drug-likeness (QED) is 0.772. The summed E-state index contributed by atoms with van der Waals surface area (Å²) in [5, 5.41) is 6.83. The minimum Gasteiger partial charge on any atom is -0.412 e. The van der Waals surface area contributed by atoms with E-state index in [9.17, 15) is 21.2 Å². The van der Waals surface area contributed by atoms with Crippen molar-refractivity contribution in [3.8, 4) is 0 Å². The van der Waals surface area contributed by atoms with Crippen LogP contribution in [0.4, 0.5) is 4.39 Å².